The van der Waals surface area contributed by atoms with E-state index < -0.39 is 0 Å². The Morgan fingerprint density at radius 3 is 2.12 bits per heavy atom. The second kappa shape index (κ2) is 20.2. The van der Waals surface area contributed by atoms with Crippen molar-refractivity contribution in [1.82, 2.24) is 4.90 Å². The predicted molar refractivity (Wildman–Crippen MR) is 94.4 cm³/mol. The summed E-state index contributed by atoms with van der Waals surface area (Å²) in [6.45, 7) is 7.26. The number of halogens is 2. The Bertz CT molecular complexity index is 461. The molecule has 3 nitrogen and oxygen atoms in total. The smallest absolute Gasteiger partial charge is 1.00 e. The van der Waals surface area contributed by atoms with Crippen molar-refractivity contribution in [3.05, 3.63) is 59.5 Å². The van der Waals surface area contributed by atoms with Gasteiger partial charge in [0, 0.05) is 6.54 Å². The van der Waals surface area contributed by atoms with E-state index in [-0.39, 0.29) is 46.5 Å². The monoisotopic (exact) mass is 421 g/mol. The molecular formula is C19H29Cl2NO2Ti. The first-order chi connectivity index (χ1) is 10.4. The Morgan fingerprint density at radius 2 is 1.72 bits per heavy atom. The summed E-state index contributed by atoms with van der Waals surface area (Å²) in [7, 11) is 5.39. The van der Waals surface area contributed by atoms with Gasteiger partial charge in [-0.3, -0.25) is 5.26 Å². The van der Waals surface area contributed by atoms with Crippen LogP contribution in [0.2, 0.25) is 0 Å². The number of nitrogens with zero attached hydrogens (tertiary/aromatic N) is 1. The molecular weight excluding hydrogens is 393 g/mol. The Labute approximate surface area is 181 Å². The molecule has 1 N–H and O–H groups in total. The van der Waals surface area contributed by atoms with Crippen LogP contribution in [0.15, 0.2) is 42.0 Å². The summed E-state index contributed by atoms with van der Waals surface area (Å²) in [5.74, 6) is 1.42. The van der Waals surface area contributed by atoms with E-state index in [2.05, 4.69) is 75.0 Å². The molecule has 0 aromatic heterocycles. The fourth-order valence-electron chi connectivity index (χ4n) is 1.90. The molecule has 0 heterocycles. The Balaban J connectivity index is -0.000000193. The normalized spacial score (nSPS) is 11.4. The van der Waals surface area contributed by atoms with Crippen LogP contribution in [0.5, 0.6) is 0 Å². The molecule has 0 atom stereocenters. The molecule has 1 aromatic carbocycles. The van der Waals surface area contributed by atoms with Crippen LogP contribution in [0.25, 0.3) is 5.57 Å². The molecule has 25 heavy (non-hydrogen) atoms. The van der Waals surface area contributed by atoms with E-state index in [9.17, 15) is 0 Å². The molecule has 0 aliphatic heterocycles. The Hall–Kier alpha value is -0.126. The van der Waals surface area contributed by atoms with E-state index in [0.29, 0.717) is 0 Å². The van der Waals surface area contributed by atoms with Gasteiger partial charge in [-0.25, -0.2) is 4.89 Å². The predicted octanol–water partition coefficient (Wildman–Crippen LogP) is -1.51. The fraction of sp³-hybridized carbons (Fsp3) is 0.421. The van der Waals surface area contributed by atoms with Crippen molar-refractivity contribution in [3.8, 4) is 0 Å². The minimum atomic E-state index is 0. The summed E-state index contributed by atoms with van der Waals surface area (Å²) in [6.07, 6.45) is 5.51. The zero-order valence-electron chi connectivity index (χ0n) is 15.9. The van der Waals surface area contributed by atoms with Crippen LogP contribution in [0.4, 0.5) is 0 Å². The first kappa shape index (κ1) is 32.5. The molecule has 1 aliphatic rings. The van der Waals surface area contributed by atoms with Crippen LogP contribution in [-0.4, -0.2) is 37.9 Å². The van der Waals surface area contributed by atoms with Crippen molar-refractivity contribution >= 4 is 5.57 Å². The zero-order valence-corrected chi connectivity index (χ0v) is 19.0. The molecule has 140 valence electrons. The minimum Gasteiger partial charge on any atom is -1.00 e. The molecule has 0 fully saturated rings. The average molecular weight is 422 g/mol. The maximum Gasteiger partial charge on any atom is 4.00 e. The summed E-state index contributed by atoms with van der Waals surface area (Å²) in [5.41, 5.74) is 4.08. The number of hydrogen-bond donors (Lipinski definition) is 1. The fourth-order valence-corrected chi connectivity index (χ4v) is 1.90. The van der Waals surface area contributed by atoms with E-state index in [0.717, 1.165) is 13.0 Å². The van der Waals surface area contributed by atoms with Crippen LogP contribution in [0.3, 0.4) is 0 Å². The average Bonchev–Trinajstić information content (AvgIpc) is 2.87. The molecule has 0 saturated carbocycles. The number of hydrogen-bond acceptors (Lipinski definition) is 3. The van der Waals surface area contributed by atoms with Crippen LogP contribution in [0, 0.1) is 12.0 Å². The van der Waals surface area contributed by atoms with Gasteiger partial charge in [0.1, 0.15) is 0 Å². The van der Waals surface area contributed by atoms with Gasteiger partial charge in [-0.2, -0.15) is 20.8 Å². The third kappa shape index (κ3) is 17.1. The summed E-state index contributed by atoms with van der Waals surface area (Å²) in [4.78, 5) is 5.45. The SMILES string of the molecule is CN(C)CC1=C(c2[c-]cccc2)CC=C1.COO.C[C-](C)C.[Cl-].[Cl-].[Ti+4]. The van der Waals surface area contributed by atoms with Gasteiger partial charge in [0.2, 0.25) is 0 Å². The number of rotatable bonds is 3. The van der Waals surface area contributed by atoms with Gasteiger partial charge < -0.3 is 35.6 Å². The maximum absolute atomic E-state index is 7.07. The standard InChI is InChI=1S/C14H16N.C4H9.CH4O2.2ClH.Ti/c1-15(2)11-13-9-6-10-14(13)12-7-4-3-5-8-12;1-4(2)3;1-3-2;;;/h3-7,9H,10-11H2,1-2H3;1-3H3;2H,1H3;2*1H;/q2*-1;;;;+4/p-2. The molecule has 6 heteroatoms. The first-order valence-electron chi connectivity index (χ1n) is 7.37. The molecule has 0 spiro atoms. The molecule has 0 unspecified atom stereocenters. The molecule has 0 amide bonds. The minimum absolute atomic E-state index is 0. The topological polar surface area (TPSA) is 32.7 Å². The molecule has 0 saturated heterocycles. The summed E-state index contributed by atoms with van der Waals surface area (Å²) < 4.78 is 0. The van der Waals surface area contributed by atoms with Gasteiger partial charge in [-0.05, 0) is 20.5 Å². The van der Waals surface area contributed by atoms with Crippen molar-refractivity contribution < 1.29 is 56.7 Å². The van der Waals surface area contributed by atoms with Gasteiger partial charge in [-0.15, -0.1) is 41.5 Å². The van der Waals surface area contributed by atoms with Crippen LogP contribution >= 0.6 is 0 Å². The van der Waals surface area contributed by atoms with Crippen LogP contribution < -0.4 is 24.8 Å². The van der Waals surface area contributed by atoms with E-state index >= 15 is 0 Å². The summed E-state index contributed by atoms with van der Waals surface area (Å²) in [6, 6.07) is 11.5. The van der Waals surface area contributed by atoms with Crippen molar-refractivity contribution in [2.24, 2.45) is 0 Å². The van der Waals surface area contributed by atoms with Crippen molar-refractivity contribution in [2.45, 2.75) is 27.2 Å². The van der Waals surface area contributed by atoms with Gasteiger partial charge in [-0.1, -0.05) is 17.7 Å². The van der Waals surface area contributed by atoms with Crippen LogP contribution in [0.1, 0.15) is 32.8 Å². The number of allylic oxidation sites excluding steroid dienone is 2. The molecule has 2 rings (SSSR count). The van der Waals surface area contributed by atoms with Crippen LogP contribution in [-0.2, 0) is 26.6 Å². The molecule has 0 radical (unpaired) electrons. The van der Waals surface area contributed by atoms with E-state index in [1.54, 1.807) is 0 Å². The quantitative estimate of drug-likeness (QED) is 0.279. The molecule has 1 aromatic rings. The van der Waals surface area contributed by atoms with E-state index in [1.165, 1.54) is 29.7 Å². The third-order valence-corrected chi connectivity index (χ3v) is 2.55. The number of benzene rings is 1. The summed E-state index contributed by atoms with van der Waals surface area (Å²) in [5, 5.41) is 7.07. The molecule has 0 bridgehead atoms. The Kier molecular flexibility index (Phi) is 26.3. The van der Waals surface area contributed by atoms with Crippen molar-refractivity contribution in [3.63, 3.8) is 0 Å². The zero-order chi connectivity index (χ0) is 17.0. The largest absolute Gasteiger partial charge is 4.00 e. The van der Waals surface area contributed by atoms with Gasteiger partial charge in [0.05, 0.1) is 7.11 Å². The third-order valence-electron chi connectivity index (χ3n) is 2.55. The Morgan fingerprint density at radius 1 is 1.20 bits per heavy atom. The second-order valence-electron chi connectivity index (χ2n) is 5.81. The van der Waals surface area contributed by atoms with Gasteiger partial charge in [0.25, 0.3) is 0 Å². The van der Waals surface area contributed by atoms with E-state index in [4.69, 9.17) is 5.26 Å². The van der Waals surface area contributed by atoms with E-state index in [1.807, 2.05) is 12.1 Å². The van der Waals surface area contributed by atoms with Crippen molar-refractivity contribution in [2.75, 3.05) is 27.7 Å². The summed E-state index contributed by atoms with van der Waals surface area (Å²) >= 11 is 0. The maximum atomic E-state index is 7.07. The second-order valence-corrected chi connectivity index (χ2v) is 5.81. The first-order valence-corrected chi connectivity index (χ1v) is 7.37. The number of likely N-dealkylation sites (N-methyl/N-ethyl adjacent to an activating group) is 1. The van der Waals surface area contributed by atoms with Gasteiger partial charge in [0.15, 0.2) is 0 Å². The van der Waals surface area contributed by atoms with Gasteiger partial charge >= 0.3 is 21.7 Å². The molecule has 1 aliphatic carbocycles. The van der Waals surface area contributed by atoms with Crippen molar-refractivity contribution in [1.29, 1.82) is 0 Å².